The number of nitrogens with two attached hydrogens (primary N) is 1. The average molecular weight is 302 g/mol. The van der Waals surface area contributed by atoms with Gasteiger partial charge in [0.15, 0.2) is 0 Å². The van der Waals surface area contributed by atoms with E-state index in [0.717, 1.165) is 42.4 Å². The van der Waals surface area contributed by atoms with Gasteiger partial charge in [0.1, 0.15) is 6.04 Å². The molecule has 0 radical (unpaired) electrons. The second kappa shape index (κ2) is 7.43. The Morgan fingerprint density at radius 3 is 2.32 bits per heavy atom. The van der Waals surface area contributed by atoms with Crippen LogP contribution in [-0.2, 0) is 16.0 Å². The highest BCUT2D eigenvalue weighted by atomic mass is 16.2. The summed E-state index contributed by atoms with van der Waals surface area (Å²) >= 11 is 0. The molecule has 1 aliphatic rings. The summed E-state index contributed by atoms with van der Waals surface area (Å²) < 4.78 is 0. The van der Waals surface area contributed by atoms with Crippen LogP contribution in [0, 0.1) is 19.8 Å². The maximum Gasteiger partial charge on any atom is 0.240 e. The van der Waals surface area contributed by atoms with Crippen LogP contribution in [0.3, 0.4) is 0 Å². The van der Waals surface area contributed by atoms with E-state index in [9.17, 15) is 9.59 Å². The van der Waals surface area contributed by atoms with Gasteiger partial charge in [-0.05, 0) is 43.4 Å². The number of rotatable bonds is 5. The second-order valence-electron chi connectivity index (χ2n) is 6.37. The Morgan fingerprint density at radius 2 is 1.77 bits per heavy atom. The third-order valence-corrected chi connectivity index (χ3v) is 4.69. The number of primary amides is 1. The highest BCUT2D eigenvalue weighted by molar-refractivity contribution is 5.87. The van der Waals surface area contributed by atoms with Crippen molar-refractivity contribution in [2.24, 2.45) is 11.7 Å². The molecule has 1 fully saturated rings. The lowest BCUT2D eigenvalue weighted by Gasteiger charge is -2.24. The minimum atomic E-state index is -0.630. The SMILES string of the molecule is Cc1cccc(C)c1C[C@H](NC(=O)C1CCCCC1)C(N)=O. The molecule has 3 N–H and O–H groups in total. The van der Waals surface area contributed by atoms with Crippen molar-refractivity contribution in [3.63, 3.8) is 0 Å². The molecule has 1 atom stereocenters. The van der Waals surface area contributed by atoms with Crippen LogP contribution in [0.1, 0.15) is 48.8 Å². The van der Waals surface area contributed by atoms with Gasteiger partial charge < -0.3 is 11.1 Å². The number of nitrogens with one attached hydrogen (secondary N) is 1. The Balaban J connectivity index is 2.07. The summed E-state index contributed by atoms with van der Waals surface area (Å²) in [7, 11) is 0. The van der Waals surface area contributed by atoms with E-state index in [0.29, 0.717) is 6.42 Å². The first-order chi connectivity index (χ1) is 10.5. The predicted octanol–water partition coefficient (Wildman–Crippen LogP) is 2.40. The van der Waals surface area contributed by atoms with Crippen molar-refractivity contribution in [2.45, 2.75) is 58.4 Å². The highest BCUT2D eigenvalue weighted by Gasteiger charge is 2.26. The first kappa shape index (κ1) is 16.5. The van der Waals surface area contributed by atoms with Gasteiger partial charge in [-0.15, -0.1) is 0 Å². The number of benzene rings is 1. The predicted molar refractivity (Wildman–Crippen MR) is 87.3 cm³/mol. The van der Waals surface area contributed by atoms with E-state index in [-0.39, 0.29) is 11.8 Å². The largest absolute Gasteiger partial charge is 0.368 e. The number of hydrogen-bond donors (Lipinski definition) is 2. The molecule has 0 saturated heterocycles. The van der Waals surface area contributed by atoms with Gasteiger partial charge >= 0.3 is 0 Å². The molecule has 0 spiro atoms. The fourth-order valence-corrected chi connectivity index (χ4v) is 3.25. The maximum absolute atomic E-state index is 12.4. The Bertz CT molecular complexity index is 528. The lowest BCUT2D eigenvalue weighted by atomic mass is 9.88. The number of amides is 2. The van der Waals surface area contributed by atoms with E-state index in [1.807, 2.05) is 32.0 Å². The van der Waals surface area contributed by atoms with Crippen LogP contribution < -0.4 is 11.1 Å². The van der Waals surface area contributed by atoms with E-state index in [2.05, 4.69) is 5.32 Å². The number of hydrogen-bond acceptors (Lipinski definition) is 2. The fourth-order valence-electron chi connectivity index (χ4n) is 3.25. The highest BCUT2D eigenvalue weighted by Crippen LogP contribution is 2.24. The van der Waals surface area contributed by atoms with Crippen LogP contribution in [0.2, 0.25) is 0 Å². The van der Waals surface area contributed by atoms with Crippen LogP contribution in [0.25, 0.3) is 0 Å². The summed E-state index contributed by atoms with van der Waals surface area (Å²) in [5.74, 6) is -0.449. The van der Waals surface area contributed by atoms with E-state index in [4.69, 9.17) is 5.73 Å². The summed E-state index contributed by atoms with van der Waals surface area (Å²) in [5.41, 5.74) is 8.85. The lowest BCUT2D eigenvalue weighted by Crippen LogP contribution is -2.48. The zero-order chi connectivity index (χ0) is 16.1. The molecular weight excluding hydrogens is 276 g/mol. The van der Waals surface area contributed by atoms with Crippen molar-refractivity contribution in [3.05, 3.63) is 34.9 Å². The third-order valence-electron chi connectivity index (χ3n) is 4.69. The van der Waals surface area contributed by atoms with Crippen LogP contribution in [-0.4, -0.2) is 17.9 Å². The summed E-state index contributed by atoms with van der Waals surface area (Å²) in [6.45, 7) is 4.03. The molecule has 0 aliphatic heterocycles. The van der Waals surface area contributed by atoms with Gasteiger partial charge in [0, 0.05) is 12.3 Å². The van der Waals surface area contributed by atoms with Crippen molar-refractivity contribution < 1.29 is 9.59 Å². The fraction of sp³-hybridized carbons (Fsp3) is 0.556. The molecule has 0 bridgehead atoms. The first-order valence-electron chi connectivity index (χ1n) is 8.14. The van der Waals surface area contributed by atoms with Gasteiger partial charge in [-0.1, -0.05) is 37.5 Å². The van der Waals surface area contributed by atoms with E-state index >= 15 is 0 Å². The van der Waals surface area contributed by atoms with Crippen molar-refractivity contribution in [3.8, 4) is 0 Å². The molecule has 1 aromatic carbocycles. The summed E-state index contributed by atoms with van der Waals surface area (Å²) in [6.07, 6.45) is 5.69. The molecule has 0 unspecified atom stereocenters. The molecule has 0 aromatic heterocycles. The Hall–Kier alpha value is -1.84. The van der Waals surface area contributed by atoms with E-state index in [1.165, 1.54) is 6.42 Å². The molecule has 0 heterocycles. The Kier molecular flexibility index (Phi) is 5.58. The second-order valence-corrected chi connectivity index (χ2v) is 6.37. The van der Waals surface area contributed by atoms with Crippen LogP contribution in [0.15, 0.2) is 18.2 Å². The van der Waals surface area contributed by atoms with Crippen LogP contribution in [0.4, 0.5) is 0 Å². The van der Waals surface area contributed by atoms with Crippen molar-refractivity contribution >= 4 is 11.8 Å². The van der Waals surface area contributed by atoms with Gasteiger partial charge in [-0.25, -0.2) is 0 Å². The molecule has 22 heavy (non-hydrogen) atoms. The summed E-state index contributed by atoms with van der Waals surface area (Å²) in [6, 6.07) is 5.40. The van der Waals surface area contributed by atoms with Crippen molar-refractivity contribution in [1.29, 1.82) is 0 Å². The normalized spacial score (nSPS) is 17.0. The zero-order valence-corrected chi connectivity index (χ0v) is 13.5. The molecule has 2 rings (SSSR count). The summed E-state index contributed by atoms with van der Waals surface area (Å²) in [4.78, 5) is 24.1. The molecule has 120 valence electrons. The molecule has 1 aromatic rings. The van der Waals surface area contributed by atoms with E-state index < -0.39 is 11.9 Å². The van der Waals surface area contributed by atoms with Gasteiger partial charge in [-0.3, -0.25) is 9.59 Å². The van der Waals surface area contributed by atoms with Gasteiger partial charge in [0.2, 0.25) is 11.8 Å². The first-order valence-corrected chi connectivity index (χ1v) is 8.14. The maximum atomic E-state index is 12.4. The molecule has 2 amide bonds. The minimum absolute atomic E-state index is 0.0188. The third kappa shape index (κ3) is 4.09. The summed E-state index contributed by atoms with van der Waals surface area (Å²) in [5, 5.41) is 2.88. The quantitative estimate of drug-likeness (QED) is 0.876. The number of aryl methyl sites for hydroxylation is 2. The monoisotopic (exact) mass is 302 g/mol. The topological polar surface area (TPSA) is 72.2 Å². The number of carbonyl (C=O) groups excluding carboxylic acids is 2. The zero-order valence-electron chi connectivity index (χ0n) is 13.5. The van der Waals surface area contributed by atoms with Gasteiger partial charge in [-0.2, -0.15) is 0 Å². The standard InChI is InChI=1S/C18H26N2O2/c1-12-7-6-8-13(2)15(12)11-16(17(19)21)20-18(22)14-9-4-3-5-10-14/h6-8,14,16H,3-5,9-11H2,1-2H3,(H2,19,21)(H,20,22)/t16-/m0/s1. The average Bonchev–Trinajstić information content (AvgIpc) is 2.50. The van der Waals surface area contributed by atoms with Crippen LogP contribution in [0.5, 0.6) is 0 Å². The Labute approximate surface area is 132 Å². The Morgan fingerprint density at radius 1 is 1.18 bits per heavy atom. The smallest absolute Gasteiger partial charge is 0.240 e. The van der Waals surface area contributed by atoms with Crippen molar-refractivity contribution in [1.82, 2.24) is 5.32 Å². The molecule has 1 aliphatic carbocycles. The minimum Gasteiger partial charge on any atom is -0.368 e. The lowest BCUT2D eigenvalue weighted by molar-refractivity contribution is -0.130. The van der Waals surface area contributed by atoms with Gasteiger partial charge in [0.25, 0.3) is 0 Å². The van der Waals surface area contributed by atoms with Gasteiger partial charge in [0.05, 0.1) is 0 Å². The van der Waals surface area contributed by atoms with E-state index in [1.54, 1.807) is 0 Å². The molecular formula is C18H26N2O2. The molecule has 4 heteroatoms. The van der Waals surface area contributed by atoms with Crippen LogP contribution >= 0.6 is 0 Å². The number of carbonyl (C=O) groups is 2. The van der Waals surface area contributed by atoms with Crippen molar-refractivity contribution in [2.75, 3.05) is 0 Å². The molecule has 4 nitrogen and oxygen atoms in total. The molecule has 1 saturated carbocycles.